The van der Waals surface area contributed by atoms with Crippen LogP contribution in [0.4, 0.5) is 0 Å². The average Bonchev–Trinajstić information content (AvgIpc) is 2.55. The number of ketones is 2. The van der Waals surface area contributed by atoms with Crippen LogP contribution in [0.2, 0.25) is 8.87 Å². The molecule has 156 valence electrons. The third kappa shape index (κ3) is 21.2. The van der Waals surface area contributed by atoms with Crippen molar-refractivity contribution in [2.45, 2.75) is 88.9 Å². The number of carbonyl (C=O) groups is 4. The summed E-state index contributed by atoms with van der Waals surface area (Å²) in [5.41, 5.74) is 0. The number of aliphatic carboxylic acids is 2. The molecular weight excluding hydrogens is 455 g/mol. The molecule has 0 aromatic carbocycles. The molecule has 0 aliphatic carbocycles. The molecule has 0 fully saturated rings. The molecule has 0 aromatic rings. The monoisotopic (exact) mass is 492 g/mol. The van der Waals surface area contributed by atoms with Crippen molar-refractivity contribution in [3.05, 3.63) is 0 Å². The molecule has 0 amide bonds. The zero-order valence-electron chi connectivity index (χ0n) is 17.8. The molecule has 0 heterocycles. The second-order valence-corrected chi connectivity index (χ2v) is 10.5. The SMILES string of the molecule is CCC(C(C)=O)C(=O)[O-].CCC(C(C)=O)C(=O)[O-].CCC[CH2][Sn+2][CH2]CCC. The summed E-state index contributed by atoms with van der Waals surface area (Å²) in [5.74, 6) is -5.04. The summed E-state index contributed by atoms with van der Waals surface area (Å²) < 4.78 is 3.25. The molecule has 0 aliphatic rings. The molecule has 0 spiro atoms. The predicted octanol–water partition coefficient (Wildman–Crippen LogP) is 1.83. The standard InChI is InChI=1S/2C6H10O3.2C4H9.Sn/c2*1-3-5(4(2)7)6(8)9;2*1-3-4-2;/h2*5H,3H2,1-2H3,(H,8,9);2*1,3-4H2,2H3;/q;;;;+2/p-2. The fraction of sp³-hybridized carbons (Fsp3) is 0.800. The van der Waals surface area contributed by atoms with Gasteiger partial charge in [0.05, 0.1) is 23.8 Å². The Balaban J connectivity index is -0.000000320. The van der Waals surface area contributed by atoms with Gasteiger partial charge in [0.25, 0.3) is 0 Å². The van der Waals surface area contributed by atoms with Gasteiger partial charge < -0.3 is 19.8 Å². The molecule has 0 aliphatic heterocycles. The van der Waals surface area contributed by atoms with Crippen molar-refractivity contribution in [3.8, 4) is 0 Å². The van der Waals surface area contributed by atoms with Gasteiger partial charge in [-0.1, -0.05) is 13.8 Å². The van der Waals surface area contributed by atoms with Crippen LogP contribution in [-0.4, -0.2) is 44.6 Å². The van der Waals surface area contributed by atoms with E-state index in [1.165, 1.54) is 39.5 Å². The minimum atomic E-state index is -1.27. The Morgan fingerprint density at radius 1 is 0.704 bits per heavy atom. The van der Waals surface area contributed by atoms with Crippen molar-refractivity contribution in [3.63, 3.8) is 0 Å². The summed E-state index contributed by atoms with van der Waals surface area (Å²) in [6, 6.07) is 0. The Hall–Kier alpha value is -0.921. The predicted molar refractivity (Wildman–Crippen MR) is 104 cm³/mol. The Labute approximate surface area is 174 Å². The first-order chi connectivity index (χ1) is 12.6. The maximum atomic E-state index is 10.4. The first-order valence-corrected chi connectivity index (χ1v) is 13.8. The van der Waals surface area contributed by atoms with Crippen LogP contribution in [-0.2, 0) is 19.2 Å². The number of rotatable bonds is 12. The van der Waals surface area contributed by atoms with E-state index in [0.29, 0.717) is 12.8 Å². The molecule has 2 unspecified atom stereocenters. The minimum absolute atomic E-state index is 0.149. The van der Waals surface area contributed by atoms with Crippen molar-refractivity contribution in [2.24, 2.45) is 11.8 Å². The van der Waals surface area contributed by atoms with Gasteiger partial charge in [-0.25, -0.2) is 0 Å². The average molecular weight is 491 g/mol. The number of carbonyl (C=O) groups excluding carboxylic acids is 4. The fourth-order valence-corrected chi connectivity index (χ4v) is 6.13. The molecule has 7 heteroatoms. The van der Waals surface area contributed by atoms with Gasteiger partial charge in [0.1, 0.15) is 11.6 Å². The Morgan fingerprint density at radius 2 is 1.00 bits per heavy atom. The molecule has 0 radical (unpaired) electrons. The van der Waals surface area contributed by atoms with E-state index in [4.69, 9.17) is 0 Å². The summed E-state index contributed by atoms with van der Waals surface area (Å²) in [7, 11) is 0. The van der Waals surface area contributed by atoms with Crippen molar-refractivity contribution in [1.82, 2.24) is 0 Å². The van der Waals surface area contributed by atoms with Gasteiger partial charge in [0.2, 0.25) is 0 Å². The third-order valence-electron chi connectivity index (χ3n) is 3.78. The van der Waals surface area contributed by atoms with Crippen LogP contribution >= 0.6 is 0 Å². The summed E-state index contributed by atoms with van der Waals surface area (Å²) in [5, 5.41) is 20.1. The van der Waals surface area contributed by atoms with Gasteiger partial charge in [0.15, 0.2) is 0 Å². The molecule has 0 saturated carbocycles. The first-order valence-electron chi connectivity index (χ1n) is 9.73. The number of carboxylic acid groups (broad SMARTS) is 2. The second kappa shape index (κ2) is 21.4. The molecule has 0 N–H and O–H groups in total. The van der Waals surface area contributed by atoms with Crippen LogP contribution in [0.25, 0.3) is 0 Å². The van der Waals surface area contributed by atoms with Gasteiger partial charge >= 0.3 is 69.5 Å². The number of Topliss-reactive ketones (excluding diaryl/α,β-unsaturated/α-hetero) is 2. The fourth-order valence-electron chi connectivity index (χ4n) is 1.97. The number of unbranched alkanes of at least 4 members (excludes halogenated alkanes) is 2. The van der Waals surface area contributed by atoms with E-state index >= 15 is 0 Å². The Kier molecular flexibility index (Phi) is 24.4. The number of hydrogen-bond acceptors (Lipinski definition) is 6. The van der Waals surface area contributed by atoms with Crippen LogP contribution in [0.1, 0.15) is 80.1 Å². The zero-order chi connectivity index (χ0) is 21.8. The number of hydrogen-bond donors (Lipinski definition) is 0. The van der Waals surface area contributed by atoms with E-state index in [0.717, 1.165) is 0 Å². The Morgan fingerprint density at radius 3 is 1.11 bits per heavy atom. The summed E-state index contributed by atoms with van der Waals surface area (Å²) in [6.45, 7) is 10.4. The van der Waals surface area contributed by atoms with E-state index in [1.54, 1.807) is 22.7 Å². The van der Waals surface area contributed by atoms with Gasteiger partial charge in [-0.15, -0.1) is 0 Å². The molecule has 0 aromatic heterocycles. The van der Waals surface area contributed by atoms with E-state index in [1.807, 2.05) is 0 Å². The van der Waals surface area contributed by atoms with E-state index < -0.39 is 23.8 Å². The molecular formula is C20H36O6Sn. The van der Waals surface area contributed by atoms with Crippen LogP contribution < -0.4 is 10.2 Å². The van der Waals surface area contributed by atoms with E-state index in [9.17, 15) is 29.4 Å². The summed E-state index contributed by atoms with van der Waals surface area (Å²) in [4.78, 5) is 40.9. The van der Waals surface area contributed by atoms with Gasteiger partial charge in [-0.2, -0.15) is 0 Å². The summed E-state index contributed by atoms with van der Waals surface area (Å²) in [6.07, 6.45) is 6.47. The Bertz CT molecular complexity index is 357. The molecule has 27 heavy (non-hydrogen) atoms. The topological polar surface area (TPSA) is 114 Å². The molecule has 2 atom stereocenters. The molecule has 0 bridgehead atoms. The molecule has 0 rings (SSSR count). The second-order valence-electron chi connectivity index (χ2n) is 6.24. The van der Waals surface area contributed by atoms with Crippen molar-refractivity contribution >= 4 is 44.6 Å². The molecule has 6 nitrogen and oxygen atoms in total. The quantitative estimate of drug-likeness (QED) is 0.234. The van der Waals surface area contributed by atoms with Gasteiger partial charge in [0, 0.05) is 0 Å². The van der Waals surface area contributed by atoms with Crippen LogP contribution in [0.15, 0.2) is 0 Å². The molecule has 0 saturated heterocycles. The van der Waals surface area contributed by atoms with Gasteiger partial charge in [-0.3, -0.25) is 9.59 Å². The maximum absolute atomic E-state index is 10.4. The summed E-state index contributed by atoms with van der Waals surface area (Å²) >= 11 is 0.149. The number of carboxylic acids is 2. The van der Waals surface area contributed by atoms with Crippen molar-refractivity contribution in [2.75, 3.05) is 0 Å². The first kappa shape index (κ1) is 30.8. The van der Waals surface area contributed by atoms with E-state index in [2.05, 4.69) is 13.8 Å². The van der Waals surface area contributed by atoms with Crippen molar-refractivity contribution < 1.29 is 29.4 Å². The van der Waals surface area contributed by atoms with Crippen LogP contribution in [0.3, 0.4) is 0 Å². The van der Waals surface area contributed by atoms with Crippen molar-refractivity contribution in [1.29, 1.82) is 0 Å². The zero-order valence-corrected chi connectivity index (χ0v) is 20.6. The third-order valence-corrected chi connectivity index (χ3v) is 7.82. The normalized spacial score (nSPS) is 11.5. The van der Waals surface area contributed by atoms with Gasteiger partial charge in [-0.05, 0) is 26.7 Å². The van der Waals surface area contributed by atoms with E-state index in [-0.39, 0.29) is 32.7 Å². The van der Waals surface area contributed by atoms with Crippen LogP contribution in [0.5, 0.6) is 0 Å². The van der Waals surface area contributed by atoms with Crippen LogP contribution in [0, 0.1) is 11.8 Å².